The highest BCUT2D eigenvalue weighted by molar-refractivity contribution is 7.99. The highest BCUT2D eigenvalue weighted by Gasteiger charge is 2.19. The number of thioether (sulfide) groups is 1. The minimum absolute atomic E-state index is 0.0431. The van der Waals surface area contributed by atoms with E-state index < -0.39 is 0 Å². The average Bonchev–Trinajstić information content (AvgIpc) is 2.83. The van der Waals surface area contributed by atoms with Crippen LogP contribution in [0.15, 0.2) is 24.3 Å². The molecule has 0 aliphatic carbocycles. The number of nitrogens with two attached hydrogens (primary N) is 1. The molecule has 1 atom stereocenters. The monoisotopic (exact) mass is 250 g/mol. The summed E-state index contributed by atoms with van der Waals surface area (Å²) in [5.41, 5.74) is 7.37. The molecule has 0 bridgehead atoms. The van der Waals surface area contributed by atoms with Gasteiger partial charge in [0.15, 0.2) is 0 Å². The van der Waals surface area contributed by atoms with Crippen molar-refractivity contribution in [1.82, 2.24) is 5.32 Å². The minimum Gasteiger partial charge on any atom is -0.348 e. The summed E-state index contributed by atoms with van der Waals surface area (Å²) in [4.78, 5) is 12.1. The van der Waals surface area contributed by atoms with Gasteiger partial charge in [0.1, 0.15) is 0 Å². The Morgan fingerprint density at radius 1 is 1.47 bits per heavy atom. The van der Waals surface area contributed by atoms with Crippen molar-refractivity contribution in [3.05, 3.63) is 35.4 Å². The van der Waals surface area contributed by atoms with E-state index >= 15 is 0 Å². The van der Waals surface area contributed by atoms with Crippen LogP contribution in [0.25, 0.3) is 0 Å². The summed E-state index contributed by atoms with van der Waals surface area (Å²) in [5, 5.41) is 3.09. The molecule has 1 heterocycles. The van der Waals surface area contributed by atoms with Gasteiger partial charge < -0.3 is 11.1 Å². The lowest BCUT2D eigenvalue weighted by atomic mass is 10.0. The Balaban J connectivity index is 2.06. The third-order valence-corrected chi connectivity index (χ3v) is 4.10. The SMILES string of the molecule is NCCc1ccccc1C(=O)NC1CCSC1. The number of amides is 1. The van der Waals surface area contributed by atoms with Crippen LogP contribution in [0.5, 0.6) is 0 Å². The smallest absolute Gasteiger partial charge is 0.251 e. The standard InChI is InChI=1S/C13H18N2OS/c14-7-5-10-3-1-2-4-12(10)13(16)15-11-6-8-17-9-11/h1-4,11H,5-9,14H2,(H,15,16). The van der Waals surface area contributed by atoms with Crippen LogP contribution >= 0.6 is 11.8 Å². The van der Waals surface area contributed by atoms with Crippen molar-refractivity contribution in [2.75, 3.05) is 18.1 Å². The highest BCUT2D eigenvalue weighted by atomic mass is 32.2. The van der Waals surface area contributed by atoms with Crippen LogP contribution in [0.1, 0.15) is 22.3 Å². The molecular formula is C13H18N2OS. The molecule has 0 aromatic heterocycles. The quantitative estimate of drug-likeness (QED) is 0.850. The molecule has 92 valence electrons. The number of carbonyl (C=O) groups excluding carboxylic acids is 1. The van der Waals surface area contributed by atoms with E-state index in [2.05, 4.69) is 5.32 Å². The van der Waals surface area contributed by atoms with E-state index in [1.165, 1.54) is 0 Å². The minimum atomic E-state index is 0.0431. The lowest BCUT2D eigenvalue weighted by molar-refractivity contribution is 0.0940. The van der Waals surface area contributed by atoms with Gasteiger partial charge in [0.25, 0.3) is 5.91 Å². The van der Waals surface area contributed by atoms with Gasteiger partial charge in [-0.1, -0.05) is 18.2 Å². The summed E-state index contributed by atoms with van der Waals surface area (Å²) in [5.74, 6) is 2.22. The Labute approximate surface area is 106 Å². The van der Waals surface area contributed by atoms with Crippen molar-refractivity contribution in [2.45, 2.75) is 18.9 Å². The fourth-order valence-electron chi connectivity index (χ4n) is 2.03. The lowest BCUT2D eigenvalue weighted by Gasteiger charge is -2.13. The first-order valence-electron chi connectivity index (χ1n) is 5.98. The second-order valence-corrected chi connectivity index (χ2v) is 5.38. The molecule has 0 radical (unpaired) electrons. The zero-order chi connectivity index (χ0) is 12.1. The molecule has 1 aliphatic heterocycles. The number of carbonyl (C=O) groups is 1. The molecule has 1 unspecified atom stereocenters. The van der Waals surface area contributed by atoms with Crippen LogP contribution in [0.3, 0.4) is 0 Å². The molecule has 1 aliphatic rings. The summed E-state index contributed by atoms with van der Waals surface area (Å²) in [6.07, 6.45) is 1.83. The van der Waals surface area contributed by atoms with Crippen molar-refractivity contribution < 1.29 is 4.79 Å². The number of nitrogens with one attached hydrogen (secondary N) is 1. The van der Waals surface area contributed by atoms with Crippen molar-refractivity contribution in [3.8, 4) is 0 Å². The fraction of sp³-hybridized carbons (Fsp3) is 0.462. The maximum atomic E-state index is 12.1. The van der Waals surface area contributed by atoms with Gasteiger partial charge in [0, 0.05) is 17.4 Å². The number of benzene rings is 1. The first-order chi connectivity index (χ1) is 8.31. The Bertz CT molecular complexity index is 389. The molecule has 1 aromatic rings. The Morgan fingerprint density at radius 3 is 3.00 bits per heavy atom. The third kappa shape index (κ3) is 3.23. The molecule has 3 N–H and O–H groups in total. The average molecular weight is 250 g/mol. The van der Waals surface area contributed by atoms with Gasteiger partial charge in [0.05, 0.1) is 0 Å². The van der Waals surface area contributed by atoms with Crippen LogP contribution < -0.4 is 11.1 Å². The van der Waals surface area contributed by atoms with Crippen LogP contribution in [0.2, 0.25) is 0 Å². The zero-order valence-electron chi connectivity index (χ0n) is 9.82. The number of rotatable bonds is 4. The molecule has 1 amide bonds. The molecule has 1 saturated heterocycles. The summed E-state index contributed by atoms with van der Waals surface area (Å²) in [7, 11) is 0. The van der Waals surface area contributed by atoms with E-state index in [0.717, 1.165) is 35.5 Å². The Hall–Kier alpha value is -1.00. The Morgan fingerprint density at radius 2 is 2.29 bits per heavy atom. The van der Waals surface area contributed by atoms with E-state index in [9.17, 15) is 4.79 Å². The molecule has 0 saturated carbocycles. The summed E-state index contributed by atoms with van der Waals surface area (Å²) in [6, 6.07) is 8.04. The van der Waals surface area contributed by atoms with Crippen LogP contribution in [-0.2, 0) is 6.42 Å². The summed E-state index contributed by atoms with van der Waals surface area (Å²) >= 11 is 1.90. The van der Waals surface area contributed by atoms with E-state index in [4.69, 9.17) is 5.73 Å². The van der Waals surface area contributed by atoms with Gasteiger partial charge >= 0.3 is 0 Å². The lowest BCUT2D eigenvalue weighted by Crippen LogP contribution is -2.35. The Kier molecular flexibility index (Phi) is 4.45. The normalized spacial score (nSPS) is 19.2. The number of hydrogen-bond acceptors (Lipinski definition) is 3. The molecule has 1 fully saturated rings. The molecule has 0 spiro atoms. The fourth-order valence-corrected chi connectivity index (χ4v) is 3.18. The van der Waals surface area contributed by atoms with Crippen molar-refractivity contribution in [1.29, 1.82) is 0 Å². The number of hydrogen-bond donors (Lipinski definition) is 2. The van der Waals surface area contributed by atoms with Gasteiger partial charge in [-0.2, -0.15) is 11.8 Å². The topological polar surface area (TPSA) is 55.1 Å². The summed E-state index contributed by atoms with van der Waals surface area (Å²) < 4.78 is 0. The van der Waals surface area contributed by atoms with Crippen molar-refractivity contribution >= 4 is 17.7 Å². The van der Waals surface area contributed by atoms with Crippen LogP contribution in [0.4, 0.5) is 0 Å². The predicted octanol–water partition coefficient (Wildman–Crippen LogP) is 1.42. The molecule has 3 nitrogen and oxygen atoms in total. The largest absolute Gasteiger partial charge is 0.348 e. The van der Waals surface area contributed by atoms with E-state index in [1.54, 1.807) is 0 Å². The predicted molar refractivity (Wildman–Crippen MR) is 72.4 cm³/mol. The first kappa shape index (κ1) is 12.5. The second-order valence-electron chi connectivity index (χ2n) is 4.23. The van der Waals surface area contributed by atoms with E-state index in [1.807, 2.05) is 36.0 Å². The molecular weight excluding hydrogens is 232 g/mol. The maximum Gasteiger partial charge on any atom is 0.251 e. The molecule has 1 aromatic carbocycles. The van der Waals surface area contributed by atoms with Gasteiger partial charge in [-0.3, -0.25) is 4.79 Å². The van der Waals surface area contributed by atoms with Gasteiger partial charge in [0.2, 0.25) is 0 Å². The van der Waals surface area contributed by atoms with Gasteiger partial charge in [-0.25, -0.2) is 0 Å². The van der Waals surface area contributed by atoms with Crippen molar-refractivity contribution in [3.63, 3.8) is 0 Å². The highest BCUT2D eigenvalue weighted by Crippen LogP contribution is 2.18. The third-order valence-electron chi connectivity index (χ3n) is 2.94. The van der Waals surface area contributed by atoms with Gasteiger partial charge in [-0.15, -0.1) is 0 Å². The molecule has 17 heavy (non-hydrogen) atoms. The van der Waals surface area contributed by atoms with Crippen LogP contribution in [0, 0.1) is 0 Å². The molecule has 4 heteroatoms. The van der Waals surface area contributed by atoms with Crippen LogP contribution in [-0.4, -0.2) is 30.0 Å². The second kappa shape index (κ2) is 6.07. The van der Waals surface area contributed by atoms with E-state index in [-0.39, 0.29) is 5.91 Å². The molecule has 2 rings (SSSR count). The van der Waals surface area contributed by atoms with Crippen molar-refractivity contribution in [2.24, 2.45) is 5.73 Å². The van der Waals surface area contributed by atoms with E-state index in [0.29, 0.717) is 12.6 Å². The van der Waals surface area contributed by atoms with Gasteiger partial charge in [-0.05, 0) is 36.8 Å². The summed E-state index contributed by atoms with van der Waals surface area (Å²) in [6.45, 7) is 0.573. The maximum absolute atomic E-state index is 12.1. The first-order valence-corrected chi connectivity index (χ1v) is 7.13. The zero-order valence-corrected chi connectivity index (χ0v) is 10.6.